The number of aromatic nitrogens is 2. The molecule has 1 unspecified atom stereocenters. The molecule has 0 spiro atoms. The number of amides is 1. The maximum absolute atomic E-state index is 11.5. The fourth-order valence-corrected chi connectivity index (χ4v) is 1.43. The van der Waals surface area contributed by atoms with Crippen LogP contribution in [0.15, 0.2) is 15.7 Å². The van der Waals surface area contributed by atoms with Gasteiger partial charge in [-0.25, -0.2) is 4.79 Å². The first kappa shape index (κ1) is 14.2. The molecule has 1 aromatic heterocycles. The Morgan fingerprint density at radius 2 is 2.17 bits per heavy atom. The highest BCUT2D eigenvalue weighted by atomic mass is 16.3. The lowest BCUT2D eigenvalue weighted by molar-refractivity contribution is -0.120. The molecule has 0 bridgehead atoms. The predicted molar refractivity (Wildman–Crippen MR) is 65.3 cm³/mol. The number of hydrogen-bond donors (Lipinski definition) is 4. The molecule has 1 aromatic rings. The van der Waals surface area contributed by atoms with E-state index in [-0.39, 0.29) is 18.0 Å². The van der Waals surface area contributed by atoms with Crippen molar-refractivity contribution in [3.8, 4) is 0 Å². The summed E-state index contributed by atoms with van der Waals surface area (Å²) < 4.78 is 0. The third-order valence-electron chi connectivity index (χ3n) is 2.44. The minimum Gasteiger partial charge on any atom is -0.393 e. The van der Waals surface area contributed by atoms with Crippen LogP contribution < -0.4 is 16.6 Å². The van der Waals surface area contributed by atoms with Crippen LogP contribution in [0.2, 0.25) is 0 Å². The van der Waals surface area contributed by atoms with Gasteiger partial charge in [-0.05, 0) is 12.8 Å². The fourth-order valence-electron chi connectivity index (χ4n) is 1.43. The largest absolute Gasteiger partial charge is 0.393 e. The van der Waals surface area contributed by atoms with Crippen LogP contribution in [0.4, 0.5) is 0 Å². The van der Waals surface area contributed by atoms with Crippen LogP contribution >= 0.6 is 0 Å². The van der Waals surface area contributed by atoms with E-state index in [1.54, 1.807) is 0 Å². The zero-order valence-electron chi connectivity index (χ0n) is 10.2. The summed E-state index contributed by atoms with van der Waals surface area (Å²) in [7, 11) is 0. The van der Waals surface area contributed by atoms with Crippen molar-refractivity contribution in [3.63, 3.8) is 0 Å². The van der Waals surface area contributed by atoms with Crippen molar-refractivity contribution in [2.45, 2.75) is 32.3 Å². The summed E-state index contributed by atoms with van der Waals surface area (Å²) in [5, 5.41) is 11.9. The zero-order valence-corrected chi connectivity index (χ0v) is 10.2. The van der Waals surface area contributed by atoms with E-state index in [1.165, 1.54) is 6.07 Å². The highest BCUT2D eigenvalue weighted by Gasteiger charge is 2.06. The molecular formula is C11H17N3O4. The van der Waals surface area contributed by atoms with Crippen LogP contribution in [0.3, 0.4) is 0 Å². The van der Waals surface area contributed by atoms with Crippen LogP contribution in [0.5, 0.6) is 0 Å². The predicted octanol–water partition coefficient (Wildman–Crippen LogP) is -1.12. The Hall–Kier alpha value is -1.89. The van der Waals surface area contributed by atoms with E-state index in [9.17, 15) is 19.5 Å². The minimum absolute atomic E-state index is 0.0681. The zero-order chi connectivity index (χ0) is 13.5. The van der Waals surface area contributed by atoms with Crippen molar-refractivity contribution < 1.29 is 9.90 Å². The summed E-state index contributed by atoms with van der Waals surface area (Å²) in [6.45, 7) is 2.22. The molecule has 0 aliphatic rings. The number of nitrogens with one attached hydrogen (secondary N) is 3. The first-order valence-electron chi connectivity index (χ1n) is 5.78. The molecule has 0 aliphatic heterocycles. The topological polar surface area (TPSA) is 115 Å². The average molecular weight is 255 g/mol. The fraction of sp³-hybridized carbons (Fsp3) is 0.545. The van der Waals surface area contributed by atoms with Gasteiger partial charge in [-0.1, -0.05) is 6.92 Å². The molecule has 0 saturated heterocycles. The van der Waals surface area contributed by atoms with Gasteiger partial charge in [-0.2, -0.15) is 0 Å². The molecule has 1 amide bonds. The number of aliphatic hydroxyl groups is 1. The Labute approximate surface area is 103 Å². The van der Waals surface area contributed by atoms with Gasteiger partial charge in [-0.3, -0.25) is 14.6 Å². The van der Waals surface area contributed by atoms with Gasteiger partial charge in [0.25, 0.3) is 5.56 Å². The number of aromatic amines is 2. The number of aliphatic hydroxyl groups excluding tert-OH is 1. The normalized spacial score (nSPS) is 12.1. The van der Waals surface area contributed by atoms with Gasteiger partial charge in [0.1, 0.15) is 0 Å². The van der Waals surface area contributed by atoms with Gasteiger partial charge in [0, 0.05) is 18.3 Å². The smallest absolute Gasteiger partial charge is 0.325 e. The summed E-state index contributed by atoms with van der Waals surface area (Å²) >= 11 is 0. The summed E-state index contributed by atoms with van der Waals surface area (Å²) in [5.41, 5.74) is -0.910. The van der Waals surface area contributed by atoms with Crippen LogP contribution in [-0.2, 0) is 11.2 Å². The first-order chi connectivity index (χ1) is 8.51. The molecule has 18 heavy (non-hydrogen) atoms. The third kappa shape index (κ3) is 4.96. The lowest BCUT2D eigenvalue weighted by Gasteiger charge is -2.08. The Kier molecular flexibility index (Phi) is 5.31. The summed E-state index contributed by atoms with van der Waals surface area (Å²) in [6.07, 6.45) is 0.622. The molecule has 0 fully saturated rings. The summed E-state index contributed by atoms with van der Waals surface area (Å²) in [6, 6.07) is 1.17. The number of hydrogen-bond acceptors (Lipinski definition) is 4. The van der Waals surface area contributed by atoms with E-state index >= 15 is 0 Å². The minimum atomic E-state index is -0.633. The summed E-state index contributed by atoms with van der Waals surface area (Å²) in [4.78, 5) is 37.8. The second kappa shape index (κ2) is 6.75. The van der Waals surface area contributed by atoms with Crippen LogP contribution in [-0.4, -0.2) is 33.6 Å². The van der Waals surface area contributed by atoms with E-state index in [0.29, 0.717) is 19.4 Å². The van der Waals surface area contributed by atoms with Crippen molar-refractivity contribution >= 4 is 5.91 Å². The highest BCUT2D eigenvalue weighted by Crippen LogP contribution is 1.95. The number of H-pyrrole nitrogens is 2. The van der Waals surface area contributed by atoms with Crippen LogP contribution in [0.25, 0.3) is 0 Å². The van der Waals surface area contributed by atoms with Gasteiger partial charge in [0.2, 0.25) is 5.91 Å². The van der Waals surface area contributed by atoms with Crippen molar-refractivity contribution in [1.82, 2.24) is 15.3 Å². The second-order valence-corrected chi connectivity index (χ2v) is 3.99. The number of rotatable bonds is 6. The highest BCUT2D eigenvalue weighted by molar-refractivity contribution is 5.77. The standard InChI is InChI=1S/C11H17N3O4/c1-2-8(15)3-4-12-9(16)5-7-6-10(17)14-11(18)13-7/h6,8,15H,2-5H2,1H3,(H,12,16)(H2,13,14,17,18). The molecule has 4 N–H and O–H groups in total. The second-order valence-electron chi connectivity index (χ2n) is 3.99. The quantitative estimate of drug-likeness (QED) is 0.515. The molecule has 0 radical (unpaired) electrons. The molecule has 0 aliphatic carbocycles. The molecule has 0 saturated carbocycles. The van der Waals surface area contributed by atoms with Crippen molar-refractivity contribution in [1.29, 1.82) is 0 Å². The molecule has 1 heterocycles. The Balaban J connectivity index is 2.45. The Bertz CT molecular complexity index is 477. The maximum Gasteiger partial charge on any atom is 0.325 e. The Morgan fingerprint density at radius 3 is 2.78 bits per heavy atom. The first-order valence-corrected chi connectivity index (χ1v) is 5.78. The molecule has 0 aromatic carbocycles. The van der Waals surface area contributed by atoms with Gasteiger partial charge in [0.05, 0.1) is 12.5 Å². The van der Waals surface area contributed by atoms with E-state index in [1.807, 2.05) is 11.9 Å². The van der Waals surface area contributed by atoms with Gasteiger partial charge in [-0.15, -0.1) is 0 Å². The van der Waals surface area contributed by atoms with E-state index in [4.69, 9.17) is 0 Å². The van der Waals surface area contributed by atoms with E-state index < -0.39 is 17.4 Å². The Morgan fingerprint density at radius 1 is 1.44 bits per heavy atom. The average Bonchev–Trinajstić information content (AvgIpc) is 2.27. The van der Waals surface area contributed by atoms with Crippen LogP contribution in [0, 0.1) is 0 Å². The summed E-state index contributed by atoms with van der Waals surface area (Å²) in [5.74, 6) is -0.306. The maximum atomic E-state index is 11.5. The monoisotopic (exact) mass is 255 g/mol. The molecular weight excluding hydrogens is 238 g/mol. The molecule has 1 rings (SSSR count). The van der Waals surface area contributed by atoms with Gasteiger partial charge < -0.3 is 15.4 Å². The van der Waals surface area contributed by atoms with Crippen molar-refractivity contribution in [2.24, 2.45) is 0 Å². The number of carbonyl (C=O) groups excluding carboxylic acids is 1. The lowest BCUT2D eigenvalue weighted by atomic mass is 10.2. The molecule has 7 heteroatoms. The lowest BCUT2D eigenvalue weighted by Crippen LogP contribution is -2.30. The third-order valence-corrected chi connectivity index (χ3v) is 2.44. The van der Waals surface area contributed by atoms with Crippen LogP contribution in [0.1, 0.15) is 25.5 Å². The molecule has 7 nitrogen and oxygen atoms in total. The number of carbonyl (C=O) groups is 1. The van der Waals surface area contributed by atoms with E-state index in [0.717, 1.165) is 0 Å². The van der Waals surface area contributed by atoms with Crippen molar-refractivity contribution in [2.75, 3.05) is 6.54 Å². The van der Waals surface area contributed by atoms with Crippen molar-refractivity contribution in [3.05, 3.63) is 32.6 Å². The van der Waals surface area contributed by atoms with Gasteiger partial charge in [0.15, 0.2) is 0 Å². The molecule has 100 valence electrons. The SMILES string of the molecule is CCC(O)CCNC(=O)Cc1cc(=O)[nH]c(=O)[nH]1. The van der Waals surface area contributed by atoms with E-state index in [2.05, 4.69) is 10.3 Å². The van der Waals surface area contributed by atoms with Gasteiger partial charge >= 0.3 is 5.69 Å². The molecule has 1 atom stereocenters.